The molecule has 170 valence electrons. The highest BCUT2D eigenvalue weighted by molar-refractivity contribution is 7.99. The number of benzene rings is 2. The summed E-state index contributed by atoms with van der Waals surface area (Å²) in [5.74, 6) is 2.05. The average Bonchev–Trinajstić information content (AvgIpc) is 3.35. The second-order valence-electron chi connectivity index (χ2n) is 8.07. The Bertz CT molecular complexity index is 1110. The second kappa shape index (κ2) is 10.6. The van der Waals surface area contributed by atoms with Crippen LogP contribution in [-0.2, 0) is 6.61 Å². The number of likely N-dealkylation sites (N-methyl/N-ethyl adjacent to an activating group) is 1. The number of hydrogen-bond donors (Lipinski definition) is 0. The van der Waals surface area contributed by atoms with Gasteiger partial charge in [-0.3, -0.25) is 0 Å². The van der Waals surface area contributed by atoms with Crippen molar-refractivity contribution in [3.05, 3.63) is 65.9 Å². The predicted octanol–water partition coefficient (Wildman–Crippen LogP) is 4.23. The summed E-state index contributed by atoms with van der Waals surface area (Å²) >= 11 is 1.53. The Balaban J connectivity index is 1.56. The zero-order valence-corrected chi connectivity index (χ0v) is 19.9. The highest BCUT2D eigenvalue weighted by Crippen LogP contribution is 2.35. The Morgan fingerprint density at radius 1 is 1.15 bits per heavy atom. The molecule has 0 aliphatic carbocycles. The molecule has 0 amide bonds. The van der Waals surface area contributed by atoms with Gasteiger partial charge in [-0.05, 0) is 62.5 Å². The van der Waals surface area contributed by atoms with Gasteiger partial charge in [-0.2, -0.15) is 10.2 Å². The third-order valence-electron chi connectivity index (χ3n) is 5.63. The maximum absolute atomic E-state index is 9.05. The van der Waals surface area contributed by atoms with Crippen molar-refractivity contribution >= 4 is 17.7 Å². The van der Waals surface area contributed by atoms with Gasteiger partial charge < -0.3 is 19.3 Å². The van der Waals surface area contributed by atoms with E-state index in [4.69, 9.17) is 19.7 Å². The van der Waals surface area contributed by atoms with Gasteiger partial charge in [0.25, 0.3) is 0 Å². The van der Waals surface area contributed by atoms with Crippen molar-refractivity contribution in [1.29, 1.82) is 5.26 Å². The van der Waals surface area contributed by atoms with Gasteiger partial charge in [0.15, 0.2) is 0 Å². The standard InChI is InChI=1S/C25H27N5O2S/c1-29(2)20-12-13-30(16-20)25-27-15-23(33-22-10-6-18(14-26)7-11-22)24(28-25)32-17-19-4-8-21(31-3)9-5-19/h4-11,15,20H,12-13,16-17H2,1-3H3/t20-/m1/s1. The molecular weight excluding hydrogens is 434 g/mol. The molecule has 0 radical (unpaired) electrons. The Morgan fingerprint density at radius 3 is 2.55 bits per heavy atom. The lowest BCUT2D eigenvalue weighted by atomic mass is 10.2. The van der Waals surface area contributed by atoms with Crippen LogP contribution in [0.25, 0.3) is 0 Å². The minimum absolute atomic E-state index is 0.391. The van der Waals surface area contributed by atoms with Gasteiger partial charge in [-0.1, -0.05) is 23.9 Å². The largest absolute Gasteiger partial charge is 0.497 e. The topological polar surface area (TPSA) is 74.5 Å². The highest BCUT2D eigenvalue weighted by Gasteiger charge is 2.26. The lowest BCUT2D eigenvalue weighted by molar-refractivity contribution is 0.285. The van der Waals surface area contributed by atoms with Crippen LogP contribution in [0.5, 0.6) is 11.6 Å². The van der Waals surface area contributed by atoms with Crippen LogP contribution in [0.2, 0.25) is 0 Å². The van der Waals surface area contributed by atoms with E-state index in [0.717, 1.165) is 40.6 Å². The number of hydrogen-bond acceptors (Lipinski definition) is 8. The number of nitrogens with zero attached hydrogens (tertiary/aromatic N) is 5. The van der Waals surface area contributed by atoms with Crippen molar-refractivity contribution in [3.63, 3.8) is 0 Å². The van der Waals surface area contributed by atoms with Crippen molar-refractivity contribution in [3.8, 4) is 17.7 Å². The number of methoxy groups -OCH3 is 1. The molecule has 33 heavy (non-hydrogen) atoms. The summed E-state index contributed by atoms with van der Waals surface area (Å²) in [6, 6.07) is 17.9. The first kappa shape index (κ1) is 22.9. The van der Waals surface area contributed by atoms with Crippen molar-refractivity contribution in [2.75, 3.05) is 39.2 Å². The third kappa shape index (κ3) is 5.75. The molecule has 1 aromatic heterocycles. The molecule has 2 heterocycles. The molecule has 0 N–H and O–H groups in total. The Hall–Kier alpha value is -3.28. The fourth-order valence-electron chi connectivity index (χ4n) is 3.62. The first-order valence-electron chi connectivity index (χ1n) is 10.8. The molecule has 1 aliphatic rings. The first-order chi connectivity index (χ1) is 16.1. The summed E-state index contributed by atoms with van der Waals surface area (Å²) in [6.07, 6.45) is 2.91. The van der Waals surface area contributed by atoms with Gasteiger partial charge in [0.2, 0.25) is 11.8 Å². The summed E-state index contributed by atoms with van der Waals surface area (Å²) in [5.41, 5.74) is 1.66. The molecule has 3 aromatic rings. The summed E-state index contributed by atoms with van der Waals surface area (Å²) in [6.45, 7) is 2.21. The fourth-order valence-corrected chi connectivity index (χ4v) is 4.44. The highest BCUT2D eigenvalue weighted by atomic mass is 32.2. The van der Waals surface area contributed by atoms with Gasteiger partial charge in [-0.25, -0.2) is 4.98 Å². The van der Waals surface area contributed by atoms with Gasteiger partial charge >= 0.3 is 0 Å². The number of rotatable bonds is 8. The minimum atomic E-state index is 0.391. The van der Waals surface area contributed by atoms with Gasteiger partial charge in [0, 0.05) is 24.0 Å². The van der Waals surface area contributed by atoms with E-state index in [-0.39, 0.29) is 0 Å². The second-order valence-corrected chi connectivity index (χ2v) is 9.18. The van der Waals surface area contributed by atoms with Crippen LogP contribution < -0.4 is 14.4 Å². The van der Waals surface area contributed by atoms with Crippen molar-refractivity contribution in [2.45, 2.75) is 28.9 Å². The summed E-state index contributed by atoms with van der Waals surface area (Å²) in [4.78, 5) is 15.7. The maximum Gasteiger partial charge on any atom is 0.232 e. The van der Waals surface area contributed by atoms with E-state index >= 15 is 0 Å². The molecule has 1 fully saturated rings. The van der Waals surface area contributed by atoms with E-state index in [2.05, 4.69) is 34.9 Å². The molecule has 0 spiro atoms. The van der Waals surface area contributed by atoms with Crippen molar-refractivity contribution in [1.82, 2.24) is 14.9 Å². The fraction of sp³-hybridized carbons (Fsp3) is 0.320. The van der Waals surface area contributed by atoms with Crippen molar-refractivity contribution < 1.29 is 9.47 Å². The SMILES string of the molecule is COc1ccc(COc2nc(N3CC[C@@H](N(C)C)C3)ncc2Sc2ccc(C#N)cc2)cc1. The van der Waals surface area contributed by atoms with E-state index in [0.29, 0.717) is 30.0 Å². The Labute approximate surface area is 199 Å². The monoisotopic (exact) mass is 461 g/mol. The van der Waals surface area contributed by atoms with Gasteiger partial charge in [-0.15, -0.1) is 0 Å². The molecule has 8 heteroatoms. The molecule has 0 saturated carbocycles. The van der Waals surface area contributed by atoms with E-state index in [9.17, 15) is 0 Å². The summed E-state index contributed by atoms with van der Waals surface area (Å²) < 4.78 is 11.4. The van der Waals surface area contributed by atoms with Crippen molar-refractivity contribution in [2.24, 2.45) is 0 Å². The van der Waals surface area contributed by atoms with E-state index in [1.165, 1.54) is 11.8 Å². The van der Waals surface area contributed by atoms with Crippen LogP contribution >= 0.6 is 11.8 Å². The van der Waals surface area contributed by atoms with Crippen LogP contribution in [0.3, 0.4) is 0 Å². The zero-order valence-electron chi connectivity index (χ0n) is 19.1. The lowest BCUT2D eigenvalue weighted by Crippen LogP contribution is -2.32. The third-order valence-corrected chi connectivity index (χ3v) is 6.64. The summed E-state index contributed by atoms with van der Waals surface area (Å²) in [5, 5.41) is 9.05. The molecule has 1 saturated heterocycles. The molecule has 0 bridgehead atoms. The zero-order chi connectivity index (χ0) is 23.2. The molecule has 1 atom stereocenters. The number of anilines is 1. The number of ether oxygens (including phenoxy) is 2. The van der Waals surface area contributed by atoms with Gasteiger partial charge in [0.05, 0.1) is 29.8 Å². The molecule has 0 unspecified atom stereocenters. The maximum atomic E-state index is 9.05. The molecular formula is C25H27N5O2S. The van der Waals surface area contributed by atoms with Crippen LogP contribution in [0.15, 0.2) is 64.5 Å². The smallest absolute Gasteiger partial charge is 0.232 e. The quantitative estimate of drug-likeness (QED) is 0.493. The van der Waals surface area contributed by atoms with E-state index < -0.39 is 0 Å². The summed E-state index contributed by atoms with van der Waals surface area (Å²) in [7, 11) is 5.87. The minimum Gasteiger partial charge on any atom is -0.497 e. The molecule has 4 rings (SSSR count). The first-order valence-corrected chi connectivity index (χ1v) is 11.6. The van der Waals surface area contributed by atoms with E-state index in [1.807, 2.05) is 42.6 Å². The predicted molar refractivity (Wildman–Crippen MR) is 129 cm³/mol. The van der Waals surface area contributed by atoms with E-state index in [1.54, 1.807) is 19.2 Å². The molecule has 7 nitrogen and oxygen atoms in total. The van der Waals surface area contributed by atoms with Gasteiger partial charge in [0.1, 0.15) is 12.4 Å². The number of nitriles is 1. The Kier molecular flexibility index (Phi) is 7.33. The molecule has 1 aliphatic heterocycles. The van der Waals surface area contributed by atoms with Crippen LogP contribution in [-0.4, -0.2) is 55.2 Å². The number of aromatic nitrogens is 2. The Morgan fingerprint density at radius 2 is 1.91 bits per heavy atom. The lowest BCUT2D eigenvalue weighted by Gasteiger charge is -2.21. The average molecular weight is 462 g/mol. The molecule has 2 aromatic carbocycles. The van der Waals surface area contributed by atoms with Crippen LogP contribution in [0, 0.1) is 11.3 Å². The van der Waals surface area contributed by atoms with Crippen LogP contribution in [0.4, 0.5) is 5.95 Å². The van der Waals surface area contributed by atoms with Crippen LogP contribution in [0.1, 0.15) is 17.5 Å². The normalized spacial score (nSPS) is 15.5.